The van der Waals surface area contributed by atoms with Crippen LogP contribution >= 0.6 is 0 Å². The van der Waals surface area contributed by atoms with Crippen LogP contribution in [-0.4, -0.2) is 37.7 Å². The number of nitrogens with one attached hydrogen (secondary N) is 1. The summed E-state index contributed by atoms with van der Waals surface area (Å²) in [6.07, 6.45) is 4.01. The van der Waals surface area contributed by atoms with E-state index in [1.54, 1.807) is 0 Å². The van der Waals surface area contributed by atoms with Gasteiger partial charge in [-0.15, -0.1) is 0 Å². The Hall–Kier alpha value is -1.22. The number of nitrogens with zero attached hydrogens (tertiary/aromatic N) is 1. The van der Waals surface area contributed by atoms with Gasteiger partial charge in [-0.25, -0.2) is 0 Å². The van der Waals surface area contributed by atoms with Crippen LogP contribution < -0.4 is 10.1 Å². The molecule has 1 heterocycles. The average molecular weight is 248 g/mol. The third-order valence-corrected chi connectivity index (χ3v) is 3.63. The van der Waals surface area contributed by atoms with E-state index in [0.29, 0.717) is 6.04 Å². The number of benzene rings is 1. The highest BCUT2D eigenvalue weighted by Crippen LogP contribution is 2.18. The first-order valence-electron chi connectivity index (χ1n) is 6.96. The molecule has 1 unspecified atom stereocenters. The van der Waals surface area contributed by atoms with Gasteiger partial charge in [0.15, 0.2) is 0 Å². The zero-order chi connectivity index (χ0) is 12.8. The Labute approximate surface area is 110 Å². The fourth-order valence-electron chi connectivity index (χ4n) is 2.47. The van der Waals surface area contributed by atoms with Crippen LogP contribution in [0.15, 0.2) is 24.3 Å². The molecule has 0 amide bonds. The lowest BCUT2D eigenvalue weighted by atomic mass is 10.0. The van der Waals surface area contributed by atoms with E-state index in [1.807, 2.05) is 19.1 Å². The van der Waals surface area contributed by atoms with E-state index in [9.17, 15) is 0 Å². The van der Waals surface area contributed by atoms with Gasteiger partial charge in [-0.1, -0.05) is 6.42 Å². The predicted octanol–water partition coefficient (Wildman–Crippen LogP) is 2.98. The summed E-state index contributed by atoms with van der Waals surface area (Å²) in [7, 11) is 2.23. The number of anilines is 1. The third-order valence-electron chi connectivity index (χ3n) is 3.63. The van der Waals surface area contributed by atoms with Crippen LogP contribution in [0.1, 0.15) is 26.2 Å². The maximum atomic E-state index is 5.44. The van der Waals surface area contributed by atoms with Gasteiger partial charge in [-0.05, 0) is 57.6 Å². The highest BCUT2D eigenvalue weighted by molar-refractivity contribution is 5.46. The molecule has 0 aromatic heterocycles. The van der Waals surface area contributed by atoms with Crippen molar-refractivity contribution in [2.45, 2.75) is 32.2 Å². The molecule has 0 saturated carbocycles. The number of hydrogen-bond acceptors (Lipinski definition) is 3. The fraction of sp³-hybridized carbons (Fsp3) is 0.600. The Morgan fingerprint density at radius 3 is 2.72 bits per heavy atom. The molecule has 1 atom stereocenters. The molecule has 1 N–H and O–H groups in total. The Kier molecular flexibility index (Phi) is 4.88. The van der Waals surface area contributed by atoms with Crippen molar-refractivity contribution in [3.05, 3.63) is 24.3 Å². The zero-order valence-electron chi connectivity index (χ0n) is 11.5. The molecule has 1 saturated heterocycles. The number of likely N-dealkylation sites (tertiary alicyclic amines) is 1. The summed E-state index contributed by atoms with van der Waals surface area (Å²) in [5.41, 5.74) is 1.18. The maximum Gasteiger partial charge on any atom is 0.119 e. The van der Waals surface area contributed by atoms with Crippen LogP contribution in [0.2, 0.25) is 0 Å². The summed E-state index contributed by atoms with van der Waals surface area (Å²) in [4.78, 5) is 2.46. The molecule has 3 heteroatoms. The molecule has 1 aromatic rings. The number of likely N-dealkylation sites (N-methyl/N-ethyl adjacent to an activating group) is 1. The standard InChI is InChI=1S/C15H24N2O/c1-3-18-15-9-7-13(8-10-15)16-12-14-6-4-5-11-17(14)2/h7-10,14,16H,3-6,11-12H2,1-2H3. The summed E-state index contributed by atoms with van der Waals surface area (Å²) in [6.45, 7) is 4.99. The van der Waals surface area contributed by atoms with Gasteiger partial charge in [0.2, 0.25) is 0 Å². The van der Waals surface area contributed by atoms with Gasteiger partial charge >= 0.3 is 0 Å². The minimum atomic E-state index is 0.672. The quantitative estimate of drug-likeness (QED) is 0.867. The van der Waals surface area contributed by atoms with Gasteiger partial charge in [0.05, 0.1) is 6.61 Å². The zero-order valence-corrected chi connectivity index (χ0v) is 11.5. The smallest absolute Gasteiger partial charge is 0.119 e. The average Bonchev–Trinajstić information content (AvgIpc) is 2.40. The summed E-state index contributed by atoms with van der Waals surface area (Å²) in [5, 5.41) is 3.52. The van der Waals surface area contributed by atoms with Crippen molar-refractivity contribution in [1.29, 1.82) is 0 Å². The van der Waals surface area contributed by atoms with E-state index in [0.717, 1.165) is 18.9 Å². The number of ether oxygens (including phenoxy) is 1. The van der Waals surface area contributed by atoms with E-state index in [2.05, 4.69) is 29.4 Å². The molecule has 1 aliphatic rings. The largest absolute Gasteiger partial charge is 0.494 e. The first-order chi connectivity index (χ1) is 8.79. The van der Waals surface area contributed by atoms with E-state index in [1.165, 1.54) is 31.5 Å². The highest BCUT2D eigenvalue weighted by atomic mass is 16.5. The molecule has 3 nitrogen and oxygen atoms in total. The summed E-state index contributed by atoms with van der Waals surface area (Å²) in [6, 6.07) is 8.90. The minimum Gasteiger partial charge on any atom is -0.494 e. The molecule has 1 aromatic carbocycles. The molecule has 0 spiro atoms. The van der Waals surface area contributed by atoms with Gasteiger partial charge in [0.25, 0.3) is 0 Å². The fourth-order valence-corrected chi connectivity index (χ4v) is 2.47. The molecular formula is C15H24N2O. The predicted molar refractivity (Wildman–Crippen MR) is 76.4 cm³/mol. The minimum absolute atomic E-state index is 0.672. The first kappa shape index (κ1) is 13.2. The van der Waals surface area contributed by atoms with E-state index < -0.39 is 0 Å². The van der Waals surface area contributed by atoms with Crippen molar-refractivity contribution in [2.24, 2.45) is 0 Å². The maximum absolute atomic E-state index is 5.44. The molecule has 2 rings (SSSR count). The second-order valence-corrected chi connectivity index (χ2v) is 4.97. The molecule has 0 radical (unpaired) electrons. The number of piperidine rings is 1. The molecule has 1 aliphatic heterocycles. The second-order valence-electron chi connectivity index (χ2n) is 4.97. The van der Waals surface area contributed by atoms with Crippen LogP contribution in [0.25, 0.3) is 0 Å². The molecular weight excluding hydrogens is 224 g/mol. The van der Waals surface area contributed by atoms with Crippen molar-refractivity contribution in [3.63, 3.8) is 0 Å². The molecule has 1 fully saturated rings. The monoisotopic (exact) mass is 248 g/mol. The van der Waals surface area contributed by atoms with E-state index >= 15 is 0 Å². The van der Waals surface area contributed by atoms with Crippen LogP contribution in [0.5, 0.6) is 5.75 Å². The second kappa shape index (κ2) is 6.64. The molecule has 100 valence electrons. The lowest BCUT2D eigenvalue weighted by Crippen LogP contribution is -2.40. The van der Waals surface area contributed by atoms with Gasteiger partial charge in [0.1, 0.15) is 5.75 Å². The van der Waals surface area contributed by atoms with Crippen molar-refractivity contribution < 1.29 is 4.74 Å². The van der Waals surface area contributed by atoms with Crippen LogP contribution in [0.3, 0.4) is 0 Å². The lowest BCUT2D eigenvalue weighted by Gasteiger charge is -2.32. The van der Waals surface area contributed by atoms with Gasteiger partial charge in [-0.2, -0.15) is 0 Å². The van der Waals surface area contributed by atoms with Crippen LogP contribution in [0.4, 0.5) is 5.69 Å². The molecule has 0 aliphatic carbocycles. The Morgan fingerprint density at radius 1 is 1.28 bits per heavy atom. The third kappa shape index (κ3) is 3.64. The summed E-state index contributed by atoms with van der Waals surface area (Å²) >= 11 is 0. The van der Waals surface area contributed by atoms with Crippen molar-refractivity contribution in [1.82, 2.24) is 4.90 Å². The van der Waals surface area contributed by atoms with Crippen molar-refractivity contribution in [2.75, 3.05) is 32.1 Å². The number of rotatable bonds is 5. The van der Waals surface area contributed by atoms with Crippen molar-refractivity contribution in [3.8, 4) is 5.75 Å². The summed E-state index contributed by atoms with van der Waals surface area (Å²) in [5.74, 6) is 0.942. The Bertz CT molecular complexity index is 350. The normalized spacial score (nSPS) is 20.7. The van der Waals surface area contributed by atoms with Crippen LogP contribution in [-0.2, 0) is 0 Å². The Balaban J connectivity index is 1.82. The highest BCUT2D eigenvalue weighted by Gasteiger charge is 2.18. The lowest BCUT2D eigenvalue weighted by molar-refractivity contribution is 0.194. The number of hydrogen-bond donors (Lipinski definition) is 1. The first-order valence-corrected chi connectivity index (χ1v) is 6.96. The van der Waals surface area contributed by atoms with Gasteiger partial charge in [0, 0.05) is 18.3 Å². The van der Waals surface area contributed by atoms with E-state index in [4.69, 9.17) is 4.74 Å². The van der Waals surface area contributed by atoms with E-state index in [-0.39, 0.29) is 0 Å². The van der Waals surface area contributed by atoms with Gasteiger partial charge in [-0.3, -0.25) is 0 Å². The molecule has 0 bridgehead atoms. The SMILES string of the molecule is CCOc1ccc(NCC2CCCCN2C)cc1. The van der Waals surface area contributed by atoms with Crippen LogP contribution in [0, 0.1) is 0 Å². The summed E-state index contributed by atoms with van der Waals surface area (Å²) < 4.78 is 5.44. The van der Waals surface area contributed by atoms with Crippen molar-refractivity contribution >= 4 is 5.69 Å². The Morgan fingerprint density at radius 2 is 2.06 bits per heavy atom. The topological polar surface area (TPSA) is 24.5 Å². The van der Waals surface area contributed by atoms with Gasteiger partial charge < -0.3 is 15.0 Å². The molecule has 18 heavy (non-hydrogen) atoms.